The van der Waals surface area contributed by atoms with E-state index in [1.54, 1.807) is 19.1 Å². The molecule has 0 spiro atoms. The Hall–Kier alpha value is -2.90. The molecule has 110 valence electrons. The molecule has 0 saturated carbocycles. The molecule has 0 unspecified atom stereocenters. The van der Waals surface area contributed by atoms with E-state index < -0.39 is 6.09 Å². The van der Waals surface area contributed by atoms with Crippen LogP contribution < -0.4 is 10.6 Å². The van der Waals surface area contributed by atoms with Crippen LogP contribution in [0.25, 0.3) is 0 Å². The van der Waals surface area contributed by atoms with Gasteiger partial charge in [-0.1, -0.05) is 0 Å². The zero-order valence-electron chi connectivity index (χ0n) is 11.6. The molecule has 2 amide bonds. The Balaban J connectivity index is 2.04. The number of hydrogen-bond acceptors (Lipinski definition) is 5. The van der Waals surface area contributed by atoms with Crippen LogP contribution in [0.15, 0.2) is 24.5 Å². The van der Waals surface area contributed by atoms with Gasteiger partial charge in [-0.05, 0) is 19.1 Å². The van der Waals surface area contributed by atoms with E-state index in [-0.39, 0.29) is 12.5 Å². The van der Waals surface area contributed by atoms with Crippen LogP contribution in [0, 0.1) is 6.92 Å². The lowest BCUT2D eigenvalue weighted by atomic mass is 10.2. The van der Waals surface area contributed by atoms with E-state index in [9.17, 15) is 9.59 Å². The van der Waals surface area contributed by atoms with E-state index in [1.165, 1.54) is 19.5 Å². The SMILES string of the molecule is COC(=O)NCc1cc(C(=O)Nc2cn[nH]c2C)ccn1. The maximum atomic E-state index is 12.1. The van der Waals surface area contributed by atoms with Gasteiger partial charge in [0.1, 0.15) is 0 Å². The third-order valence-corrected chi connectivity index (χ3v) is 2.76. The monoisotopic (exact) mass is 289 g/mol. The number of aryl methyl sites for hydroxylation is 1. The molecule has 8 nitrogen and oxygen atoms in total. The van der Waals surface area contributed by atoms with Gasteiger partial charge in [0, 0.05) is 11.8 Å². The molecule has 0 fully saturated rings. The first-order valence-electron chi connectivity index (χ1n) is 6.18. The molecule has 2 rings (SSSR count). The Labute approximate surface area is 120 Å². The second-order valence-electron chi connectivity index (χ2n) is 4.24. The standard InChI is InChI=1S/C13H15N5O3/c1-8-11(7-16-18-8)17-12(19)9-3-4-14-10(5-9)6-15-13(20)21-2/h3-5,7H,6H2,1-2H3,(H,15,20)(H,16,18)(H,17,19). The average molecular weight is 289 g/mol. The van der Waals surface area contributed by atoms with Gasteiger partial charge in [-0.15, -0.1) is 0 Å². The molecule has 0 aliphatic heterocycles. The summed E-state index contributed by atoms with van der Waals surface area (Å²) in [5.41, 5.74) is 2.38. The van der Waals surface area contributed by atoms with E-state index in [2.05, 4.69) is 30.6 Å². The maximum absolute atomic E-state index is 12.1. The highest BCUT2D eigenvalue weighted by Gasteiger charge is 2.10. The Morgan fingerprint density at radius 2 is 2.24 bits per heavy atom. The van der Waals surface area contributed by atoms with E-state index >= 15 is 0 Å². The minimum atomic E-state index is -0.555. The van der Waals surface area contributed by atoms with Gasteiger partial charge in [0.25, 0.3) is 5.91 Å². The molecule has 3 N–H and O–H groups in total. The fourth-order valence-corrected chi connectivity index (χ4v) is 1.62. The number of amides is 2. The van der Waals surface area contributed by atoms with Crippen LogP contribution in [0.5, 0.6) is 0 Å². The van der Waals surface area contributed by atoms with E-state index in [0.29, 0.717) is 16.9 Å². The summed E-state index contributed by atoms with van der Waals surface area (Å²) >= 11 is 0. The van der Waals surface area contributed by atoms with Gasteiger partial charge in [0.15, 0.2) is 0 Å². The molecule has 0 radical (unpaired) electrons. The van der Waals surface area contributed by atoms with Crippen molar-refractivity contribution in [3.05, 3.63) is 41.5 Å². The van der Waals surface area contributed by atoms with Crippen molar-refractivity contribution >= 4 is 17.7 Å². The summed E-state index contributed by atoms with van der Waals surface area (Å²) in [6, 6.07) is 3.19. The summed E-state index contributed by atoms with van der Waals surface area (Å²) in [5.74, 6) is -0.277. The lowest BCUT2D eigenvalue weighted by Gasteiger charge is -2.06. The number of H-pyrrole nitrogens is 1. The van der Waals surface area contributed by atoms with Crippen molar-refractivity contribution in [1.29, 1.82) is 0 Å². The zero-order chi connectivity index (χ0) is 15.2. The van der Waals surface area contributed by atoms with Crippen LogP contribution in [-0.4, -0.2) is 34.3 Å². The second-order valence-corrected chi connectivity index (χ2v) is 4.24. The lowest BCUT2D eigenvalue weighted by Crippen LogP contribution is -2.23. The Morgan fingerprint density at radius 3 is 2.90 bits per heavy atom. The van der Waals surface area contributed by atoms with Crippen molar-refractivity contribution in [3.8, 4) is 0 Å². The van der Waals surface area contributed by atoms with Crippen LogP contribution in [0.4, 0.5) is 10.5 Å². The highest BCUT2D eigenvalue weighted by atomic mass is 16.5. The molecule has 0 aliphatic rings. The first kappa shape index (κ1) is 14.5. The molecule has 0 atom stereocenters. The molecule has 2 heterocycles. The molecule has 0 aromatic carbocycles. The van der Waals surface area contributed by atoms with E-state index in [4.69, 9.17) is 0 Å². The quantitative estimate of drug-likeness (QED) is 0.784. The summed E-state index contributed by atoms with van der Waals surface area (Å²) in [4.78, 5) is 27.2. The molecule has 2 aromatic rings. The van der Waals surface area contributed by atoms with Gasteiger partial charge in [0.05, 0.1) is 36.9 Å². The fraction of sp³-hybridized carbons (Fsp3) is 0.231. The van der Waals surface area contributed by atoms with Crippen molar-refractivity contribution in [2.75, 3.05) is 12.4 Å². The van der Waals surface area contributed by atoms with E-state index in [0.717, 1.165) is 5.69 Å². The van der Waals surface area contributed by atoms with Crippen molar-refractivity contribution < 1.29 is 14.3 Å². The minimum absolute atomic E-state index is 0.179. The summed E-state index contributed by atoms with van der Waals surface area (Å²) in [5, 5.41) is 11.8. The highest BCUT2D eigenvalue weighted by Crippen LogP contribution is 2.12. The number of alkyl carbamates (subject to hydrolysis) is 1. The normalized spacial score (nSPS) is 10.0. The molecule has 0 bridgehead atoms. The number of aromatic amines is 1. The average Bonchev–Trinajstić information content (AvgIpc) is 2.90. The van der Waals surface area contributed by atoms with Crippen molar-refractivity contribution in [2.45, 2.75) is 13.5 Å². The van der Waals surface area contributed by atoms with Crippen LogP contribution in [0.2, 0.25) is 0 Å². The number of anilines is 1. The van der Waals surface area contributed by atoms with Crippen LogP contribution in [0.3, 0.4) is 0 Å². The molecule has 21 heavy (non-hydrogen) atoms. The summed E-state index contributed by atoms with van der Waals surface area (Å²) in [6.07, 6.45) is 2.49. The number of pyridine rings is 1. The number of nitrogens with one attached hydrogen (secondary N) is 3. The first-order chi connectivity index (χ1) is 10.1. The number of carbonyl (C=O) groups excluding carboxylic acids is 2. The van der Waals surface area contributed by atoms with Gasteiger partial charge in [-0.25, -0.2) is 4.79 Å². The third-order valence-electron chi connectivity index (χ3n) is 2.76. The van der Waals surface area contributed by atoms with Crippen LogP contribution >= 0.6 is 0 Å². The first-order valence-corrected chi connectivity index (χ1v) is 6.18. The maximum Gasteiger partial charge on any atom is 0.407 e. The van der Waals surface area contributed by atoms with Crippen molar-refractivity contribution in [2.24, 2.45) is 0 Å². The Bertz CT molecular complexity index is 653. The number of nitrogens with zero attached hydrogens (tertiary/aromatic N) is 2. The van der Waals surface area contributed by atoms with Crippen molar-refractivity contribution in [1.82, 2.24) is 20.5 Å². The van der Waals surface area contributed by atoms with Gasteiger partial charge in [0.2, 0.25) is 0 Å². The second kappa shape index (κ2) is 6.51. The predicted octanol–water partition coefficient (Wildman–Crippen LogP) is 1.22. The van der Waals surface area contributed by atoms with Crippen LogP contribution in [0.1, 0.15) is 21.7 Å². The van der Waals surface area contributed by atoms with Gasteiger partial charge >= 0.3 is 6.09 Å². The Morgan fingerprint density at radius 1 is 1.43 bits per heavy atom. The number of methoxy groups -OCH3 is 1. The molecule has 0 aliphatic carbocycles. The van der Waals surface area contributed by atoms with E-state index in [1.807, 2.05) is 0 Å². The Kier molecular flexibility index (Phi) is 4.50. The van der Waals surface area contributed by atoms with Gasteiger partial charge in [-0.3, -0.25) is 14.9 Å². The van der Waals surface area contributed by atoms with Crippen molar-refractivity contribution in [3.63, 3.8) is 0 Å². The van der Waals surface area contributed by atoms with Crippen LogP contribution in [-0.2, 0) is 11.3 Å². The van der Waals surface area contributed by atoms with Gasteiger partial charge < -0.3 is 15.4 Å². The molecular formula is C13H15N5O3. The number of carbonyl (C=O) groups is 2. The zero-order valence-corrected chi connectivity index (χ0v) is 11.6. The largest absolute Gasteiger partial charge is 0.453 e. The molecule has 2 aromatic heterocycles. The number of ether oxygens (including phenoxy) is 1. The number of aromatic nitrogens is 3. The summed E-state index contributed by atoms with van der Waals surface area (Å²) < 4.78 is 4.47. The fourth-order valence-electron chi connectivity index (χ4n) is 1.62. The minimum Gasteiger partial charge on any atom is -0.453 e. The smallest absolute Gasteiger partial charge is 0.407 e. The van der Waals surface area contributed by atoms with Gasteiger partial charge in [-0.2, -0.15) is 5.10 Å². The molecular weight excluding hydrogens is 274 g/mol. The number of hydrogen-bond donors (Lipinski definition) is 3. The molecule has 8 heteroatoms. The third kappa shape index (κ3) is 3.78. The topological polar surface area (TPSA) is 109 Å². The lowest BCUT2D eigenvalue weighted by molar-refractivity contribution is 0.102. The highest BCUT2D eigenvalue weighted by molar-refractivity contribution is 6.04. The summed E-state index contributed by atoms with van der Waals surface area (Å²) in [6.45, 7) is 1.99. The summed E-state index contributed by atoms with van der Waals surface area (Å²) in [7, 11) is 1.28. The number of rotatable bonds is 4. The molecule has 0 saturated heterocycles. The predicted molar refractivity (Wildman–Crippen MR) is 74.8 cm³/mol.